The number of rotatable bonds is 11. The molecule has 4 aromatic rings. The zero-order chi connectivity index (χ0) is 28.4. The van der Waals surface area contributed by atoms with E-state index < -0.39 is 36.6 Å². The summed E-state index contributed by atoms with van der Waals surface area (Å²) in [4.78, 5) is 13.1. The predicted octanol–water partition coefficient (Wildman–Crippen LogP) is 5.52. The molecule has 0 bridgehead atoms. The number of esters is 1. The van der Waals surface area contributed by atoms with E-state index in [1.807, 2.05) is 97.9 Å². The summed E-state index contributed by atoms with van der Waals surface area (Å²) in [5.41, 5.74) is 4.22. The Hall–Kier alpha value is -4.01. The highest BCUT2D eigenvalue weighted by Gasteiger charge is 2.48. The van der Waals surface area contributed by atoms with Crippen LogP contribution < -0.4 is 5.32 Å². The Morgan fingerprint density at radius 1 is 0.780 bits per heavy atom. The maximum absolute atomic E-state index is 13.1. The summed E-state index contributed by atoms with van der Waals surface area (Å²) >= 11 is 0. The van der Waals surface area contributed by atoms with Gasteiger partial charge >= 0.3 is 5.97 Å². The van der Waals surface area contributed by atoms with E-state index >= 15 is 0 Å². The van der Waals surface area contributed by atoms with Gasteiger partial charge in [0.25, 0.3) is 0 Å². The van der Waals surface area contributed by atoms with Crippen LogP contribution in [0.25, 0.3) is 0 Å². The monoisotopic (exact) mass is 553 g/mol. The lowest BCUT2D eigenvalue weighted by molar-refractivity contribution is -0.241. The van der Waals surface area contributed by atoms with Gasteiger partial charge in [0.05, 0.1) is 25.4 Å². The van der Waals surface area contributed by atoms with E-state index in [4.69, 9.17) is 18.9 Å². The predicted molar refractivity (Wildman–Crippen MR) is 156 cm³/mol. The molecule has 0 amide bonds. The molecule has 1 aliphatic heterocycles. The molecule has 5 atom stereocenters. The number of ether oxygens (including phenoxy) is 4. The zero-order valence-corrected chi connectivity index (χ0v) is 23.0. The van der Waals surface area contributed by atoms with E-state index in [1.165, 1.54) is 0 Å². The Kier molecular flexibility index (Phi) is 9.78. The average Bonchev–Trinajstić information content (AvgIpc) is 3.01. The van der Waals surface area contributed by atoms with Gasteiger partial charge in [-0.15, -0.1) is 0 Å². The SMILES string of the molecule is Cc1ccc(N[C@H]2O[C@H](COCc3ccccc3)[C@@H](OCc3ccccc3)[C@H](O)[C@H]2OC(=O)c2ccccc2)cc1. The highest BCUT2D eigenvalue weighted by Crippen LogP contribution is 2.29. The normalized spacial score (nSPS) is 22.1. The van der Waals surface area contributed by atoms with E-state index in [2.05, 4.69) is 5.32 Å². The third kappa shape index (κ3) is 7.80. The van der Waals surface area contributed by atoms with Gasteiger partial charge in [-0.05, 0) is 42.3 Å². The van der Waals surface area contributed by atoms with Crippen LogP contribution in [0.3, 0.4) is 0 Å². The van der Waals surface area contributed by atoms with Gasteiger partial charge in [0, 0.05) is 5.69 Å². The van der Waals surface area contributed by atoms with Crippen LogP contribution in [0, 0.1) is 6.92 Å². The molecule has 41 heavy (non-hydrogen) atoms. The van der Waals surface area contributed by atoms with Crippen molar-refractivity contribution in [2.24, 2.45) is 0 Å². The Morgan fingerprint density at radius 2 is 1.37 bits per heavy atom. The van der Waals surface area contributed by atoms with Crippen molar-refractivity contribution >= 4 is 11.7 Å². The smallest absolute Gasteiger partial charge is 0.338 e. The van der Waals surface area contributed by atoms with Crippen LogP contribution in [0.15, 0.2) is 115 Å². The second-order valence-corrected chi connectivity index (χ2v) is 10.1. The van der Waals surface area contributed by atoms with Crippen LogP contribution in [0.2, 0.25) is 0 Å². The van der Waals surface area contributed by atoms with Gasteiger partial charge < -0.3 is 29.4 Å². The molecule has 4 aromatic carbocycles. The molecule has 0 aromatic heterocycles. The second-order valence-electron chi connectivity index (χ2n) is 10.1. The van der Waals surface area contributed by atoms with Crippen molar-refractivity contribution in [1.29, 1.82) is 0 Å². The molecule has 0 saturated carbocycles. The van der Waals surface area contributed by atoms with Crippen molar-refractivity contribution in [3.8, 4) is 0 Å². The minimum Gasteiger partial charge on any atom is -0.451 e. The Balaban J connectivity index is 1.38. The van der Waals surface area contributed by atoms with Gasteiger partial charge in [-0.1, -0.05) is 96.6 Å². The number of carbonyl (C=O) groups is 1. The number of hydrogen-bond acceptors (Lipinski definition) is 7. The molecule has 0 spiro atoms. The first kappa shape index (κ1) is 28.5. The summed E-state index contributed by atoms with van der Waals surface area (Å²) in [6, 6.07) is 36.0. The Labute approximate surface area is 240 Å². The third-order valence-electron chi connectivity index (χ3n) is 6.95. The fourth-order valence-corrected chi connectivity index (χ4v) is 4.73. The number of nitrogens with one attached hydrogen (secondary N) is 1. The summed E-state index contributed by atoms with van der Waals surface area (Å²) in [6.45, 7) is 2.79. The average molecular weight is 554 g/mol. The molecule has 2 N–H and O–H groups in total. The molecule has 1 fully saturated rings. The molecule has 0 radical (unpaired) electrons. The fraction of sp³-hybridized carbons (Fsp3) is 0.265. The molecule has 1 heterocycles. The minimum absolute atomic E-state index is 0.164. The number of aliphatic hydroxyl groups is 1. The number of hydrogen-bond donors (Lipinski definition) is 2. The van der Waals surface area contributed by atoms with Gasteiger partial charge in [0.1, 0.15) is 18.3 Å². The zero-order valence-electron chi connectivity index (χ0n) is 23.0. The van der Waals surface area contributed by atoms with E-state index in [0.717, 1.165) is 22.4 Å². The van der Waals surface area contributed by atoms with Crippen LogP contribution in [0.5, 0.6) is 0 Å². The summed E-state index contributed by atoms with van der Waals surface area (Å²) < 4.78 is 24.7. The maximum Gasteiger partial charge on any atom is 0.338 e. The molecular weight excluding hydrogens is 518 g/mol. The summed E-state index contributed by atoms with van der Waals surface area (Å²) in [5.74, 6) is -0.561. The van der Waals surface area contributed by atoms with E-state index in [1.54, 1.807) is 24.3 Å². The molecule has 212 valence electrons. The number of aryl methyl sites for hydroxylation is 1. The number of anilines is 1. The highest BCUT2D eigenvalue weighted by atomic mass is 16.6. The Morgan fingerprint density at radius 3 is 2.00 bits per heavy atom. The van der Waals surface area contributed by atoms with Crippen LogP contribution in [0.1, 0.15) is 27.0 Å². The standard InChI is InChI=1S/C34H35NO6/c1-24-17-19-28(20-18-24)35-33-32(41-34(37)27-15-9-4-10-16-27)30(36)31(39-22-26-13-7-3-8-14-26)29(40-33)23-38-21-25-11-5-2-6-12-25/h2-20,29-33,35-36H,21-23H2,1H3/t29-,30+,31-,32-,33+/m1/s1. The second kappa shape index (κ2) is 14.1. The molecule has 0 unspecified atom stereocenters. The van der Waals surface area contributed by atoms with Gasteiger partial charge in [-0.25, -0.2) is 4.79 Å². The van der Waals surface area contributed by atoms with Gasteiger partial charge in [0.2, 0.25) is 0 Å². The van der Waals surface area contributed by atoms with E-state index in [0.29, 0.717) is 12.2 Å². The lowest BCUT2D eigenvalue weighted by Gasteiger charge is -2.44. The number of benzene rings is 4. The molecule has 0 aliphatic carbocycles. The summed E-state index contributed by atoms with van der Waals surface area (Å²) in [6.07, 6.45) is -4.59. The van der Waals surface area contributed by atoms with Crippen molar-refractivity contribution in [2.45, 2.75) is 50.8 Å². The van der Waals surface area contributed by atoms with E-state index in [-0.39, 0.29) is 13.2 Å². The molecule has 7 heteroatoms. The van der Waals surface area contributed by atoms with Gasteiger partial charge in [-0.3, -0.25) is 0 Å². The van der Waals surface area contributed by atoms with E-state index in [9.17, 15) is 9.90 Å². The van der Waals surface area contributed by atoms with Crippen molar-refractivity contribution in [2.75, 3.05) is 11.9 Å². The first-order valence-electron chi connectivity index (χ1n) is 13.8. The maximum atomic E-state index is 13.1. The minimum atomic E-state index is -1.20. The van der Waals surface area contributed by atoms with Crippen LogP contribution >= 0.6 is 0 Å². The first-order valence-corrected chi connectivity index (χ1v) is 13.8. The van der Waals surface area contributed by atoms with Crippen LogP contribution in [-0.4, -0.2) is 48.3 Å². The Bertz CT molecular complexity index is 1350. The van der Waals surface area contributed by atoms with Crippen LogP contribution in [0.4, 0.5) is 5.69 Å². The molecule has 1 aliphatic rings. The first-order chi connectivity index (χ1) is 20.1. The lowest BCUT2D eigenvalue weighted by atomic mass is 9.97. The van der Waals surface area contributed by atoms with Crippen molar-refractivity contribution in [1.82, 2.24) is 0 Å². The van der Waals surface area contributed by atoms with Crippen LogP contribution in [-0.2, 0) is 32.2 Å². The number of carbonyl (C=O) groups excluding carboxylic acids is 1. The third-order valence-corrected chi connectivity index (χ3v) is 6.95. The number of aliphatic hydroxyl groups excluding tert-OH is 1. The van der Waals surface area contributed by atoms with Gasteiger partial charge in [0.15, 0.2) is 12.3 Å². The summed E-state index contributed by atoms with van der Waals surface area (Å²) in [5, 5.41) is 15.0. The molecule has 5 rings (SSSR count). The summed E-state index contributed by atoms with van der Waals surface area (Å²) in [7, 11) is 0. The van der Waals surface area contributed by atoms with Gasteiger partial charge in [-0.2, -0.15) is 0 Å². The largest absolute Gasteiger partial charge is 0.451 e. The molecule has 7 nitrogen and oxygen atoms in total. The van der Waals surface area contributed by atoms with Crippen molar-refractivity contribution < 1.29 is 28.8 Å². The van der Waals surface area contributed by atoms with Crippen molar-refractivity contribution in [3.63, 3.8) is 0 Å². The van der Waals surface area contributed by atoms with Crippen molar-refractivity contribution in [3.05, 3.63) is 138 Å². The molecule has 1 saturated heterocycles. The fourth-order valence-electron chi connectivity index (χ4n) is 4.73. The highest BCUT2D eigenvalue weighted by molar-refractivity contribution is 5.89. The molecular formula is C34H35NO6. The quantitative estimate of drug-likeness (QED) is 0.237. The lowest BCUT2D eigenvalue weighted by Crippen LogP contribution is -2.62. The topological polar surface area (TPSA) is 86.2 Å².